The van der Waals surface area contributed by atoms with Crippen LogP contribution in [0.3, 0.4) is 0 Å². The molecule has 0 heterocycles. The van der Waals surface area contributed by atoms with Gasteiger partial charge < -0.3 is 5.32 Å². The largest absolute Gasteiger partial charge is 0.318 e. The Morgan fingerprint density at radius 2 is 2.11 bits per heavy atom. The van der Waals surface area contributed by atoms with Gasteiger partial charge in [-0.15, -0.1) is 0 Å². The summed E-state index contributed by atoms with van der Waals surface area (Å²) in [5, 5.41) is 11.7. The Hall–Kier alpha value is -1.42. The number of nitrogens with one attached hydrogen (secondary N) is 1. The molecule has 18 heavy (non-hydrogen) atoms. The first kappa shape index (κ1) is 14.6. The molecule has 0 bridgehead atoms. The van der Waals surface area contributed by atoms with Gasteiger partial charge in [0, 0.05) is 20.1 Å². The van der Waals surface area contributed by atoms with E-state index in [1.54, 1.807) is 26.1 Å². The fraction of sp³-hybridized carbons (Fsp3) is 0.417. The second-order valence-electron chi connectivity index (χ2n) is 4.02. The molecule has 98 valence electrons. The van der Waals surface area contributed by atoms with Crippen molar-refractivity contribution in [2.24, 2.45) is 0 Å². The summed E-state index contributed by atoms with van der Waals surface area (Å²) in [5.41, 5.74) is 0.992. The number of nitrogens with zero attached hydrogens (tertiary/aromatic N) is 2. The van der Waals surface area contributed by atoms with Gasteiger partial charge in [0.15, 0.2) is 0 Å². The van der Waals surface area contributed by atoms with Crippen LogP contribution in [-0.2, 0) is 10.0 Å². The van der Waals surface area contributed by atoms with Gasteiger partial charge in [-0.25, -0.2) is 8.42 Å². The fourth-order valence-corrected chi connectivity index (χ4v) is 2.92. The van der Waals surface area contributed by atoms with Gasteiger partial charge >= 0.3 is 0 Å². The van der Waals surface area contributed by atoms with Gasteiger partial charge in [0.25, 0.3) is 0 Å². The fourth-order valence-electron chi connectivity index (χ4n) is 1.50. The number of likely N-dealkylation sites (N-methyl/N-ethyl adjacent to an activating group) is 2. The lowest BCUT2D eigenvalue weighted by Gasteiger charge is -2.18. The summed E-state index contributed by atoms with van der Waals surface area (Å²) < 4.78 is 25.9. The van der Waals surface area contributed by atoms with Crippen LogP contribution < -0.4 is 5.32 Å². The molecular weight excluding hydrogens is 250 g/mol. The van der Waals surface area contributed by atoms with E-state index in [1.807, 2.05) is 6.07 Å². The summed E-state index contributed by atoms with van der Waals surface area (Å²) in [6.45, 7) is 2.68. The molecule has 0 saturated carbocycles. The Labute approximate surface area is 108 Å². The standard InChI is InChI=1S/C12H17N3O2S/c1-10-4-5-11(9-13)8-12(10)18(16,17)15(3)7-6-14-2/h4-5,8,14H,6-7H2,1-3H3. The van der Waals surface area contributed by atoms with Gasteiger partial charge in [0.05, 0.1) is 16.5 Å². The summed E-state index contributed by atoms with van der Waals surface area (Å²) >= 11 is 0. The predicted molar refractivity (Wildman–Crippen MR) is 69.6 cm³/mol. The molecular formula is C12H17N3O2S. The average molecular weight is 267 g/mol. The molecule has 1 aromatic rings. The van der Waals surface area contributed by atoms with Crippen molar-refractivity contribution in [3.05, 3.63) is 29.3 Å². The number of nitriles is 1. The summed E-state index contributed by atoms with van der Waals surface area (Å²) in [6.07, 6.45) is 0. The molecule has 0 atom stereocenters. The van der Waals surface area contributed by atoms with E-state index < -0.39 is 10.0 Å². The maximum atomic E-state index is 12.3. The Morgan fingerprint density at radius 3 is 2.67 bits per heavy atom. The third-order valence-corrected chi connectivity index (χ3v) is 4.68. The van der Waals surface area contributed by atoms with E-state index in [2.05, 4.69) is 5.32 Å². The van der Waals surface area contributed by atoms with Crippen LogP contribution in [0, 0.1) is 18.3 Å². The van der Waals surface area contributed by atoms with Gasteiger partial charge in [-0.1, -0.05) is 6.07 Å². The van der Waals surface area contributed by atoms with Crippen molar-refractivity contribution in [1.82, 2.24) is 9.62 Å². The first-order valence-corrected chi connectivity index (χ1v) is 6.99. The third kappa shape index (κ3) is 3.07. The summed E-state index contributed by atoms with van der Waals surface area (Å²) in [5.74, 6) is 0. The molecule has 0 amide bonds. The van der Waals surface area contributed by atoms with E-state index in [4.69, 9.17) is 5.26 Å². The zero-order valence-electron chi connectivity index (χ0n) is 10.8. The van der Waals surface area contributed by atoms with E-state index in [0.29, 0.717) is 24.2 Å². The zero-order chi connectivity index (χ0) is 13.8. The van der Waals surface area contributed by atoms with Gasteiger partial charge in [0.1, 0.15) is 0 Å². The quantitative estimate of drug-likeness (QED) is 0.852. The second-order valence-corrected chi connectivity index (χ2v) is 6.04. The van der Waals surface area contributed by atoms with E-state index in [0.717, 1.165) is 0 Å². The number of hydrogen-bond donors (Lipinski definition) is 1. The topological polar surface area (TPSA) is 73.2 Å². The van der Waals surface area contributed by atoms with Crippen molar-refractivity contribution in [2.75, 3.05) is 27.2 Å². The molecule has 0 unspecified atom stereocenters. The molecule has 1 rings (SSSR count). The lowest BCUT2D eigenvalue weighted by atomic mass is 10.2. The highest BCUT2D eigenvalue weighted by Gasteiger charge is 2.22. The average Bonchev–Trinajstić information content (AvgIpc) is 2.36. The molecule has 0 aromatic heterocycles. The molecule has 0 aliphatic rings. The number of benzene rings is 1. The highest BCUT2D eigenvalue weighted by Crippen LogP contribution is 2.20. The zero-order valence-corrected chi connectivity index (χ0v) is 11.6. The summed E-state index contributed by atoms with van der Waals surface area (Å²) in [6, 6.07) is 6.63. The minimum atomic E-state index is -3.53. The summed E-state index contributed by atoms with van der Waals surface area (Å²) in [4.78, 5) is 0.195. The van der Waals surface area contributed by atoms with E-state index in [-0.39, 0.29) is 4.90 Å². The SMILES string of the molecule is CNCCN(C)S(=O)(=O)c1cc(C#N)ccc1C. The van der Waals surface area contributed by atoms with E-state index in [1.165, 1.54) is 17.4 Å². The molecule has 5 nitrogen and oxygen atoms in total. The van der Waals surface area contributed by atoms with Crippen molar-refractivity contribution in [3.8, 4) is 6.07 Å². The van der Waals surface area contributed by atoms with Gasteiger partial charge in [-0.05, 0) is 31.7 Å². The molecule has 0 saturated heterocycles. The van der Waals surface area contributed by atoms with Crippen molar-refractivity contribution in [2.45, 2.75) is 11.8 Å². The smallest absolute Gasteiger partial charge is 0.243 e. The molecule has 1 N–H and O–H groups in total. The van der Waals surface area contributed by atoms with E-state index >= 15 is 0 Å². The third-order valence-electron chi connectivity index (χ3n) is 2.68. The second kappa shape index (κ2) is 5.96. The number of rotatable bonds is 5. The Kier molecular flexibility index (Phi) is 4.84. The van der Waals surface area contributed by atoms with Crippen molar-refractivity contribution >= 4 is 10.0 Å². The minimum Gasteiger partial charge on any atom is -0.318 e. The number of sulfonamides is 1. The van der Waals surface area contributed by atoms with Gasteiger partial charge in [-0.2, -0.15) is 9.57 Å². The Morgan fingerprint density at radius 1 is 1.44 bits per heavy atom. The van der Waals surface area contributed by atoms with Crippen molar-refractivity contribution in [3.63, 3.8) is 0 Å². The number of hydrogen-bond acceptors (Lipinski definition) is 4. The minimum absolute atomic E-state index is 0.195. The monoisotopic (exact) mass is 267 g/mol. The Bertz CT molecular complexity index is 561. The summed E-state index contributed by atoms with van der Waals surface area (Å²) in [7, 11) is -0.233. The predicted octanol–water partition coefficient (Wildman–Crippen LogP) is 0.707. The van der Waals surface area contributed by atoms with Crippen LogP contribution in [0.2, 0.25) is 0 Å². The van der Waals surface area contributed by atoms with Crippen molar-refractivity contribution < 1.29 is 8.42 Å². The van der Waals surface area contributed by atoms with Crippen LogP contribution >= 0.6 is 0 Å². The van der Waals surface area contributed by atoms with Crippen LogP contribution in [0.4, 0.5) is 0 Å². The first-order chi connectivity index (χ1) is 8.43. The van der Waals surface area contributed by atoms with E-state index in [9.17, 15) is 8.42 Å². The van der Waals surface area contributed by atoms with Crippen LogP contribution in [0.25, 0.3) is 0 Å². The maximum absolute atomic E-state index is 12.3. The Balaban J connectivity index is 3.16. The maximum Gasteiger partial charge on any atom is 0.243 e. The van der Waals surface area contributed by atoms with Gasteiger partial charge in [-0.3, -0.25) is 0 Å². The van der Waals surface area contributed by atoms with Crippen LogP contribution in [0.5, 0.6) is 0 Å². The molecule has 0 radical (unpaired) electrons. The molecule has 0 fully saturated rings. The highest BCUT2D eigenvalue weighted by molar-refractivity contribution is 7.89. The number of aryl methyl sites for hydroxylation is 1. The molecule has 0 aliphatic heterocycles. The molecule has 0 spiro atoms. The normalized spacial score (nSPS) is 11.5. The molecule has 6 heteroatoms. The van der Waals surface area contributed by atoms with Gasteiger partial charge in [0.2, 0.25) is 10.0 Å². The van der Waals surface area contributed by atoms with Crippen LogP contribution in [-0.4, -0.2) is 39.9 Å². The lowest BCUT2D eigenvalue weighted by molar-refractivity contribution is 0.465. The molecule has 0 aliphatic carbocycles. The van der Waals surface area contributed by atoms with Crippen molar-refractivity contribution in [1.29, 1.82) is 5.26 Å². The van der Waals surface area contributed by atoms with Crippen LogP contribution in [0.1, 0.15) is 11.1 Å². The van der Waals surface area contributed by atoms with Crippen LogP contribution in [0.15, 0.2) is 23.1 Å². The lowest BCUT2D eigenvalue weighted by Crippen LogP contribution is -2.33. The molecule has 1 aromatic carbocycles. The first-order valence-electron chi connectivity index (χ1n) is 5.55. The highest BCUT2D eigenvalue weighted by atomic mass is 32.2.